The van der Waals surface area contributed by atoms with Crippen LogP contribution in [-0.2, 0) is 0 Å². The van der Waals surface area contributed by atoms with Crippen molar-refractivity contribution in [1.29, 1.82) is 0 Å². The SMILES string of the molecule is CC1CCC(NC(=O)c2cccc(C(N)=NO)c2)CC1C. The lowest BCUT2D eigenvalue weighted by Gasteiger charge is -2.32. The number of hydrogen-bond donors (Lipinski definition) is 3. The lowest BCUT2D eigenvalue weighted by molar-refractivity contribution is 0.0910. The van der Waals surface area contributed by atoms with E-state index in [2.05, 4.69) is 24.3 Å². The van der Waals surface area contributed by atoms with Crippen molar-refractivity contribution in [3.8, 4) is 0 Å². The minimum atomic E-state index is -0.102. The summed E-state index contributed by atoms with van der Waals surface area (Å²) in [4.78, 5) is 12.3. The van der Waals surface area contributed by atoms with Gasteiger partial charge in [0.05, 0.1) is 0 Å². The minimum absolute atomic E-state index is 0.00441. The van der Waals surface area contributed by atoms with Gasteiger partial charge in [0.25, 0.3) is 5.91 Å². The number of hydrogen-bond acceptors (Lipinski definition) is 3. The highest BCUT2D eigenvalue weighted by molar-refractivity contribution is 6.01. The van der Waals surface area contributed by atoms with Crippen molar-refractivity contribution < 1.29 is 10.0 Å². The van der Waals surface area contributed by atoms with Crippen molar-refractivity contribution in [3.05, 3.63) is 35.4 Å². The summed E-state index contributed by atoms with van der Waals surface area (Å²) in [7, 11) is 0. The van der Waals surface area contributed by atoms with Gasteiger partial charge in [0.15, 0.2) is 5.84 Å². The molecule has 4 N–H and O–H groups in total. The van der Waals surface area contributed by atoms with Gasteiger partial charge in [0.1, 0.15) is 0 Å². The molecule has 1 amide bonds. The van der Waals surface area contributed by atoms with Gasteiger partial charge in [-0.15, -0.1) is 0 Å². The maximum atomic E-state index is 12.3. The third-order valence-corrected chi connectivity index (χ3v) is 4.46. The second-order valence-corrected chi connectivity index (χ2v) is 6.00. The Labute approximate surface area is 125 Å². The van der Waals surface area contributed by atoms with Crippen molar-refractivity contribution in [1.82, 2.24) is 5.32 Å². The summed E-state index contributed by atoms with van der Waals surface area (Å²) in [6, 6.07) is 7.04. The Morgan fingerprint density at radius 1 is 1.29 bits per heavy atom. The summed E-state index contributed by atoms with van der Waals surface area (Å²) in [5.74, 6) is 1.26. The highest BCUT2D eigenvalue weighted by Crippen LogP contribution is 2.29. The molecule has 0 radical (unpaired) electrons. The van der Waals surface area contributed by atoms with Crippen LogP contribution in [0.4, 0.5) is 0 Å². The molecule has 3 atom stereocenters. The van der Waals surface area contributed by atoms with Crippen LogP contribution in [-0.4, -0.2) is 23.0 Å². The normalized spacial score (nSPS) is 26.4. The van der Waals surface area contributed by atoms with Gasteiger partial charge >= 0.3 is 0 Å². The standard InChI is InChI=1S/C16H23N3O2/c1-10-6-7-14(8-11(10)2)18-16(20)13-5-3-4-12(9-13)15(17)19-21/h3-5,9-11,14,21H,6-8H2,1-2H3,(H2,17,19)(H,18,20). The number of amides is 1. The molecule has 1 fully saturated rings. The van der Waals surface area contributed by atoms with Gasteiger partial charge in [0.2, 0.25) is 0 Å². The van der Waals surface area contributed by atoms with Crippen LogP contribution >= 0.6 is 0 Å². The van der Waals surface area contributed by atoms with E-state index in [9.17, 15) is 4.79 Å². The van der Waals surface area contributed by atoms with Gasteiger partial charge < -0.3 is 16.3 Å². The van der Waals surface area contributed by atoms with Crippen LogP contribution in [0.5, 0.6) is 0 Å². The number of carbonyl (C=O) groups is 1. The molecule has 2 rings (SSSR count). The summed E-state index contributed by atoms with van der Waals surface area (Å²) >= 11 is 0. The maximum Gasteiger partial charge on any atom is 0.251 e. The second-order valence-electron chi connectivity index (χ2n) is 6.00. The first-order valence-electron chi connectivity index (χ1n) is 7.40. The van der Waals surface area contributed by atoms with Crippen LogP contribution in [0.3, 0.4) is 0 Å². The Kier molecular flexibility index (Phi) is 4.83. The Morgan fingerprint density at radius 3 is 2.67 bits per heavy atom. The number of carbonyl (C=O) groups excluding carboxylic acids is 1. The highest BCUT2D eigenvalue weighted by atomic mass is 16.4. The molecule has 5 nitrogen and oxygen atoms in total. The minimum Gasteiger partial charge on any atom is -0.409 e. The van der Waals surface area contributed by atoms with Crippen molar-refractivity contribution in [2.24, 2.45) is 22.7 Å². The summed E-state index contributed by atoms with van der Waals surface area (Å²) in [6.45, 7) is 4.51. The monoisotopic (exact) mass is 289 g/mol. The summed E-state index contributed by atoms with van der Waals surface area (Å²) in [5.41, 5.74) is 6.62. The quantitative estimate of drug-likeness (QED) is 0.345. The third-order valence-electron chi connectivity index (χ3n) is 4.46. The van der Waals surface area contributed by atoms with E-state index >= 15 is 0 Å². The zero-order valence-electron chi connectivity index (χ0n) is 12.5. The molecule has 1 aromatic carbocycles. The average molecular weight is 289 g/mol. The molecule has 21 heavy (non-hydrogen) atoms. The molecule has 114 valence electrons. The number of amidine groups is 1. The maximum absolute atomic E-state index is 12.3. The topological polar surface area (TPSA) is 87.7 Å². The Morgan fingerprint density at radius 2 is 2.00 bits per heavy atom. The number of benzene rings is 1. The average Bonchev–Trinajstić information content (AvgIpc) is 2.50. The molecule has 5 heteroatoms. The van der Waals surface area contributed by atoms with Crippen LogP contribution in [0.2, 0.25) is 0 Å². The second kappa shape index (κ2) is 6.61. The molecule has 3 unspecified atom stereocenters. The fraction of sp³-hybridized carbons (Fsp3) is 0.500. The van der Waals surface area contributed by atoms with Gasteiger partial charge in [-0.25, -0.2) is 0 Å². The molecule has 0 saturated heterocycles. The molecule has 0 heterocycles. The van der Waals surface area contributed by atoms with E-state index in [1.165, 1.54) is 0 Å². The molecule has 0 spiro atoms. The molecule has 1 aliphatic carbocycles. The number of nitrogens with one attached hydrogen (secondary N) is 1. The van der Waals surface area contributed by atoms with Crippen LogP contribution in [0, 0.1) is 11.8 Å². The Bertz CT molecular complexity index is 542. The fourth-order valence-electron chi connectivity index (χ4n) is 2.82. The first-order chi connectivity index (χ1) is 10.0. The molecule has 1 saturated carbocycles. The van der Waals surface area contributed by atoms with Crippen molar-refractivity contribution >= 4 is 11.7 Å². The molecule has 1 aliphatic rings. The molecule has 0 aliphatic heterocycles. The van der Waals surface area contributed by atoms with Gasteiger partial charge in [0, 0.05) is 17.2 Å². The lowest BCUT2D eigenvalue weighted by atomic mass is 9.79. The first-order valence-corrected chi connectivity index (χ1v) is 7.40. The predicted molar refractivity (Wildman–Crippen MR) is 82.4 cm³/mol. The smallest absolute Gasteiger partial charge is 0.251 e. The molecular weight excluding hydrogens is 266 g/mol. The number of oxime groups is 1. The first kappa shape index (κ1) is 15.4. The summed E-state index contributed by atoms with van der Waals surface area (Å²) < 4.78 is 0. The van der Waals surface area contributed by atoms with E-state index in [1.54, 1.807) is 24.3 Å². The predicted octanol–water partition coefficient (Wildman–Crippen LogP) is 2.34. The number of nitrogens with zero attached hydrogens (tertiary/aromatic N) is 1. The van der Waals surface area contributed by atoms with Crippen LogP contribution in [0.1, 0.15) is 49.0 Å². The van der Waals surface area contributed by atoms with Crippen LogP contribution in [0.15, 0.2) is 29.4 Å². The fourth-order valence-corrected chi connectivity index (χ4v) is 2.82. The molecule has 1 aromatic rings. The lowest BCUT2D eigenvalue weighted by Crippen LogP contribution is -2.39. The van der Waals surface area contributed by atoms with E-state index in [0.29, 0.717) is 17.0 Å². The Hall–Kier alpha value is -2.04. The highest BCUT2D eigenvalue weighted by Gasteiger charge is 2.25. The van der Waals surface area contributed by atoms with E-state index in [0.717, 1.165) is 25.2 Å². The van der Waals surface area contributed by atoms with Gasteiger partial charge in [-0.2, -0.15) is 0 Å². The Balaban J connectivity index is 2.04. The molecule has 0 aromatic heterocycles. The van der Waals surface area contributed by atoms with Crippen molar-refractivity contribution in [2.45, 2.75) is 39.2 Å². The van der Waals surface area contributed by atoms with Crippen LogP contribution < -0.4 is 11.1 Å². The summed E-state index contributed by atoms with van der Waals surface area (Å²) in [6.07, 6.45) is 3.19. The zero-order valence-corrected chi connectivity index (χ0v) is 12.5. The summed E-state index contributed by atoms with van der Waals surface area (Å²) in [5, 5.41) is 14.7. The van der Waals surface area contributed by atoms with E-state index in [-0.39, 0.29) is 17.8 Å². The van der Waals surface area contributed by atoms with Crippen molar-refractivity contribution in [2.75, 3.05) is 0 Å². The number of rotatable bonds is 3. The number of nitrogens with two attached hydrogens (primary N) is 1. The largest absolute Gasteiger partial charge is 0.409 e. The zero-order chi connectivity index (χ0) is 15.4. The molecule has 0 bridgehead atoms. The van der Waals surface area contributed by atoms with Gasteiger partial charge in [-0.3, -0.25) is 4.79 Å². The molecular formula is C16H23N3O2. The van der Waals surface area contributed by atoms with Crippen molar-refractivity contribution in [3.63, 3.8) is 0 Å². The van der Waals surface area contributed by atoms with Gasteiger partial charge in [-0.05, 0) is 43.2 Å². The van der Waals surface area contributed by atoms with E-state index < -0.39 is 0 Å². The third kappa shape index (κ3) is 3.74. The van der Waals surface area contributed by atoms with Crippen LogP contribution in [0.25, 0.3) is 0 Å². The van der Waals surface area contributed by atoms with Gasteiger partial charge in [-0.1, -0.05) is 31.1 Å². The van der Waals surface area contributed by atoms with E-state index in [4.69, 9.17) is 10.9 Å². The van der Waals surface area contributed by atoms with E-state index in [1.807, 2.05) is 0 Å².